The first-order valence-corrected chi connectivity index (χ1v) is 19.6. The van der Waals surface area contributed by atoms with Gasteiger partial charge in [-0.2, -0.15) is 15.9 Å². The third-order valence-electron chi connectivity index (χ3n) is 10.0. The Morgan fingerprint density at radius 2 is 1.77 bits per heavy atom. The summed E-state index contributed by atoms with van der Waals surface area (Å²) >= 11 is 10.7. The van der Waals surface area contributed by atoms with E-state index in [4.69, 9.17) is 25.8 Å². The zero-order chi connectivity index (χ0) is 43.2. The monoisotopic (exact) mass is 852 g/mol. The van der Waals surface area contributed by atoms with Crippen molar-refractivity contribution in [3.05, 3.63) is 112 Å². The lowest BCUT2D eigenvalue weighted by Gasteiger charge is -2.28. The number of hydrogen-bond donors (Lipinski definition) is 4. The molecule has 17 heteroatoms. The Bertz CT molecular complexity index is 2490. The number of piperidine rings is 1. The van der Waals surface area contributed by atoms with Crippen molar-refractivity contribution in [3.63, 3.8) is 0 Å². The molecular formula is C43H43ClN7O8S+. The molecule has 0 radical (unpaired) electrons. The minimum atomic E-state index is -1.06. The van der Waals surface area contributed by atoms with E-state index in [-0.39, 0.29) is 56.5 Å². The van der Waals surface area contributed by atoms with Crippen molar-refractivity contribution in [2.45, 2.75) is 45.1 Å². The van der Waals surface area contributed by atoms with E-state index in [1.807, 2.05) is 48.5 Å². The van der Waals surface area contributed by atoms with Gasteiger partial charge in [-0.15, -0.1) is 0 Å². The maximum Gasteiger partial charge on any atom is 0.273 e. The van der Waals surface area contributed by atoms with Crippen molar-refractivity contribution in [1.82, 2.24) is 20.2 Å². The van der Waals surface area contributed by atoms with E-state index in [1.165, 1.54) is 13.1 Å². The summed E-state index contributed by atoms with van der Waals surface area (Å²) in [7, 11) is 1.42. The number of thiol groups is 1. The second-order valence-corrected chi connectivity index (χ2v) is 15.9. The molecule has 2 atom stereocenters. The van der Waals surface area contributed by atoms with Gasteiger partial charge in [0.1, 0.15) is 50.9 Å². The first-order chi connectivity index (χ1) is 28.6. The van der Waals surface area contributed by atoms with Crippen LogP contribution in [0.1, 0.15) is 59.3 Å². The molecule has 1 fully saturated rings. The van der Waals surface area contributed by atoms with Crippen molar-refractivity contribution >= 4 is 65.4 Å². The number of ether oxygens (including phenoxy) is 3. The number of hydrogen-bond acceptors (Lipinski definition) is 13. The van der Waals surface area contributed by atoms with Crippen molar-refractivity contribution in [3.8, 4) is 28.7 Å². The summed E-state index contributed by atoms with van der Waals surface area (Å²) in [6.45, 7) is 6.54. The van der Waals surface area contributed by atoms with E-state index in [0.29, 0.717) is 33.8 Å². The van der Waals surface area contributed by atoms with Crippen molar-refractivity contribution in [2.24, 2.45) is 0 Å². The average molecular weight is 853 g/mol. The van der Waals surface area contributed by atoms with Crippen molar-refractivity contribution in [2.75, 3.05) is 38.9 Å². The predicted octanol–water partition coefficient (Wildman–Crippen LogP) is 6.34. The summed E-state index contributed by atoms with van der Waals surface area (Å²) < 4.78 is 16.5. The van der Waals surface area contributed by atoms with Crippen LogP contribution in [0.2, 0.25) is 5.02 Å². The number of halogens is 1. The molecule has 0 aliphatic carbocycles. The Labute approximate surface area is 356 Å². The number of benzene rings is 4. The summed E-state index contributed by atoms with van der Waals surface area (Å²) in [5, 5.41) is 23.2. The Balaban J connectivity index is 0.997. The number of carbonyl (C=O) groups is 4. The highest BCUT2D eigenvalue weighted by Gasteiger charge is 2.35. The maximum atomic E-state index is 13.1. The number of aryl methyl sites for hydroxylation is 1. The first-order valence-electron chi connectivity index (χ1n) is 18.9. The van der Waals surface area contributed by atoms with Crippen LogP contribution in [-0.4, -0.2) is 87.9 Å². The Hall–Kier alpha value is -6.09. The lowest BCUT2D eigenvalue weighted by molar-refractivity contribution is -0.955. The minimum absolute atomic E-state index is 0.0320. The summed E-state index contributed by atoms with van der Waals surface area (Å²) in [5.74, 6) is -0.802. The van der Waals surface area contributed by atoms with E-state index in [2.05, 4.69) is 53.4 Å². The van der Waals surface area contributed by atoms with Crippen LogP contribution < -0.4 is 20.2 Å². The number of hydroxylamine groups is 1. The van der Waals surface area contributed by atoms with Crippen LogP contribution in [0.5, 0.6) is 11.5 Å². The summed E-state index contributed by atoms with van der Waals surface area (Å²) in [5.41, 5.74) is 7.76. The molecule has 0 spiro atoms. The van der Waals surface area contributed by atoms with E-state index in [1.54, 1.807) is 31.3 Å². The van der Waals surface area contributed by atoms with Gasteiger partial charge >= 0.3 is 0 Å². The highest BCUT2D eigenvalue weighted by molar-refractivity contribution is 7.74. The zero-order valence-corrected chi connectivity index (χ0v) is 34.9. The quantitative estimate of drug-likeness (QED) is 0.0215. The molecule has 4 aromatic carbocycles. The van der Waals surface area contributed by atoms with Crippen molar-refractivity contribution < 1.29 is 42.8 Å². The molecular weight excluding hydrogens is 810 g/mol. The fourth-order valence-electron chi connectivity index (χ4n) is 6.72. The van der Waals surface area contributed by atoms with Gasteiger partial charge in [-0.05, 0) is 87.8 Å². The molecule has 1 aromatic heterocycles. The number of anilines is 1. The third-order valence-corrected chi connectivity index (χ3v) is 10.4. The molecule has 15 nitrogen and oxygen atoms in total. The second kappa shape index (κ2) is 18.4. The molecule has 60 heavy (non-hydrogen) atoms. The molecule has 6 rings (SSSR count). The van der Waals surface area contributed by atoms with Gasteiger partial charge in [-0.3, -0.25) is 29.4 Å². The van der Waals surface area contributed by atoms with Gasteiger partial charge in [-0.1, -0.05) is 55.8 Å². The van der Waals surface area contributed by atoms with Gasteiger partial charge in [0.15, 0.2) is 5.75 Å². The number of fused-ring (bicyclic) bond motifs is 1. The summed E-state index contributed by atoms with van der Waals surface area (Å²) in [4.78, 5) is 58.1. The van der Waals surface area contributed by atoms with Crippen LogP contribution in [0.4, 0.5) is 5.95 Å². The first kappa shape index (κ1) is 43.5. The number of imide groups is 2. The molecule has 5 aromatic rings. The van der Waals surface area contributed by atoms with Crippen LogP contribution >= 0.6 is 24.4 Å². The van der Waals surface area contributed by atoms with Gasteiger partial charge in [-0.25, -0.2) is 9.97 Å². The van der Waals surface area contributed by atoms with Crippen LogP contribution in [0, 0.1) is 18.3 Å². The van der Waals surface area contributed by atoms with Crippen LogP contribution in [0.15, 0.2) is 79.0 Å². The number of carbonyl (C=O) groups excluding carboxylic acids is 4. The Morgan fingerprint density at radius 1 is 1.05 bits per heavy atom. The Morgan fingerprint density at radius 3 is 2.43 bits per heavy atom. The largest absolute Gasteiger partial charge is 0.491 e. The van der Waals surface area contributed by atoms with Gasteiger partial charge in [0, 0.05) is 29.0 Å². The zero-order valence-electron chi connectivity index (χ0n) is 33.3. The minimum Gasteiger partial charge on any atom is -0.491 e. The maximum absolute atomic E-state index is 13.1. The van der Waals surface area contributed by atoms with Gasteiger partial charge in [0.25, 0.3) is 11.9 Å². The van der Waals surface area contributed by atoms with Gasteiger partial charge in [0.2, 0.25) is 18.2 Å². The molecule has 0 bridgehead atoms. The SMILES string of the molecule is Cc1cc(OCCOCCOc2c(Cl)cc(C(C)(C)c3ccc(-c4ccc5nc(N[N+](C)(O)S)ncc5c4)cc3)cc2C#N)ccc1C(=O)N(C=O)C1CCC(=O)NC1=O. The smallest absolute Gasteiger partial charge is 0.273 e. The van der Waals surface area contributed by atoms with E-state index in [0.717, 1.165) is 32.5 Å². The molecule has 1 aliphatic rings. The molecule has 1 aliphatic heterocycles. The standard InChI is InChI=1S/C43H42ClN7O8S/c1-26-19-33(10-11-34(26)41(55)50(25-52)37-13-14-38(53)48-40(37)54)58-17-15-57-16-18-59-39-29(23-45)21-32(22-35(39)44)43(2,3)31-8-5-27(6-9-31)28-7-12-36-30(20-28)24-46-42(47-36)49-51(4,56)60/h5-12,19-22,24-25,37,56,60H,13-18H2,1-4H3,(H-,46,47,48,49,53,54)/p+1. The normalized spacial score (nSPS) is 15.1. The number of amides is 4. The number of nitrogens with one attached hydrogen (secondary N) is 2. The third kappa shape index (κ3) is 10.2. The number of quaternary nitrogens is 1. The highest BCUT2D eigenvalue weighted by Crippen LogP contribution is 2.39. The lowest BCUT2D eigenvalue weighted by Crippen LogP contribution is -2.53. The van der Waals surface area contributed by atoms with Gasteiger partial charge < -0.3 is 14.2 Å². The van der Waals surface area contributed by atoms with E-state index < -0.39 is 33.3 Å². The van der Waals surface area contributed by atoms with E-state index in [9.17, 15) is 29.6 Å². The molecule has 3 N–H and O–H groups in total. The van der Waals surface area contributed by atoms with Crippen LogP contribution in [0.3, 0.4) is 0 Å². The number of nitrogens with zero attached hydrogens (tertiary/aromatic N) is 5. The molecule has 2 unspecified atom stereocenters. The molecule has 4 amide bonds. The van der Waals surface area contributed by atoms with Crippen LogP contribution in [0.25, 0.3) is 22.0 Å². The lowest BCUT2D eigenvalue weighted by atomic mass is 9.77. The number of aromatic nitrogens is 2. The fourth-order valence-corrected chi connectivity index (χ4v) is 7.09. The van der Waals surface area contributed by atoms with Crippen LogP contribution in [-0.2, 0) is 24.5 Å². The summed E-state index contributed by atoms with van der Waals surface area (Å²) in [6, 6.07) is 23.5. The molecule has 1 saturated heterocycles. The number of rotatable bonds is 16. The molecule has 310 valence electrons. The molecule has 2 heterocycles. The van der Waals surface area contributed by atoms with E-state index >= 15 is 0 Å². The average Bonchev–Trinajstić information content (AvgIpc) is 3.21. The summed E-state index contributed by atoms with van der Waals surface area (Å²) in [6.07, 6.45) is 2.08. The van der Waals surface area contributed by atoms with Gasteiger partial charge in [0.05, 0.1) is 29.3 Å². The Kier molecular flexibility index (Phi) is 13.4. The topological polar surface area (TPSA) is 193 Å². The highest BCUT2D eigenvalue weighted by atomic mass is 35.5. The number of nitriles is 1. The fraction of sp³-hybridized carbons (Fsp3) is 0.279. The molecule has 0 saturated carbocycles. The van der Waals surface area contributed by atoms with Crippen molar-refractivity contribution in [1.29, 1.82) is 5.26 Å². The predicted molar refractivity (Wildman–Crippen MR) is 225 cm³/mol. The second-order valence-electron chi connectivity index (χ2n) is 14.7.